The minimum absolute atomic E-state index is 0.0973. The van der Waals surface area contributed by atoms with Crippen LogP contribution in [0, 0.1) is 5.41 Å². The second kappa shape index (κ2) is 6.74. The average molecular weight is 425 g/mol. The Labute approximate surface area is 163 Å². The van der Waals surface area contributed by atoms with E-state index < -0.39 is 35.7 Å². The van der Waals surface area contributed by atoms with Gasteiger partial charge in [-0.15, -0.1) is 0 Å². The lowest BCUT2D eigenvalue weighted by molar-refractivity contribution is -0.201. The number of hydrogen-bond donors (Lipinski definition) is 1. The van der Waals surface area contributed by atoms with E-state index in [0.29, 0.717) is 5.56 Å². The number of carbonyl (C=O) groups excluding carboxylic acids is 1. The van der Waals surface area contributed by atoms with Crippen molar-refractivity contribution in [2.45, 2.75) is 38.0 Å². The predicted octanol–water partition coefficient (Wildman–Crippen LogP) is 4.59. The van der Waals surface area contributed by atoms with E-state index in [4.69, 9.17) is 23.2 Å². The van der Waals surface area contributed by atoms with Gasteiger partial charge in [-0.3, -0.25) is 9.69 Å². The summed E-state index contributed by atoms with van der Waals surface area (Å²) < 4.78 is 40.1. The van der Waals surface area contributed by atoms with E-state index in [9.17, 15) is 27.9 Å². The van der Waals surface area contributed by atoms with Crippen molar-refractivity contribution < 1.29 is 27.9 Å². The highest BCUT2D eigenvalue weighted by molar-refractivity contribution is 6.42. The first-order valence-electron chi connectivity index (χ1n) is 8.30. The molecule has 2 fully saturated rings. The monoisotopic (exact) mass is 424 g/mol. The molecule has 10 heteroatoms. The van der Waals surface area contributed by atoms with Crippen LogP contribution >= 0.6 is 23.2 Å². The molecule has 0 radical (unpaired) electrons. The number of alkyl halides is 3. The summed E-state index contributed by atoms with van der Waals surface area (Å²) in [6.07, 6.45) is -6.31. The quantitative estimate of drug-likeness (QED) is 0.755. The van der Waals surface area contributed by atoms with Crippen LogP contribution in [0.4, 0.5) is 18.0 Å². The van der Waals surface area contributed by atoms with Crippen molar-refractivity contribution in [3.63, 3.8) is 0 Å². The van der Waals surface area contributed by atoms with Crippen molar-refractivity contribution in [3.05, 3.63) is 33.8 Å². The largest absolute Gasteiger partial charge is 0.465 e. The molecular formula is C17H17Cl2F3N2O3. The molecule has 3 rings (SSSR count). The molecule has 5 nitrogen and oxygen atoms in total. The minimum Gasteiger partial charge on any atom is -0.465 e. The second-order valence-electron chi connectivity index (χ2n) is 7.01. The summed E-state index contributed by atoms with van der Waals surface area (Å²) in [4.78, 5) is 26.6. The zero-order valence-electron chi connectivity index (χ0n) is 14.3. The summed E-state index contributed by atoms with van der Waals surface area (Å²) in [5.41, 5.74) is -1.87. The van der Waals surface area contributed by atoms with Crippen LogP contribution in [-0.4, -0.2) is 52.2 Å². The topological polar surface area (TPSA) is 60.9 Å². The molecule has 1 aliphatic heterocycles. The molecule has 1 saturated carbocycles. The first-order valence-corrected chi connectivity index (χ1v) is 9.06. The maximum atomic E-state index is 13.4. The Bertz CT molecular complexity index is 783. The fourth-order valence-electron chi connectivity index (χ4n) is 3.49. The maximum Gasteiger partial charge on any atom is 0.407 e. The molecule has 0 bridgehead atoms. The Hall–Kier alpha value is -1.67. The zero-order valence-corrected chi connectivity index (χ0v) is 15.8. The number of halogens is 5. The van der Waals surface area contributed by atoms with Crippen LogP contribution in [0.15, 0.2) is 18.2 Å². The molecule has 2 atom stereocenters. The Morgan fingerprint density at radius 2 is 1.78 bits per heavy atom. The molecule has 0 unspecified atom stereocenters. The van der Waals surface area contributed by atoms with Crippen molar-refractivity contribution in [1.82, 2.24) is 9.80 Å². The second-order valence-corrected chi connectivity index (χ2v) is 7.83. The summed E-state index contributed by atoms with van der Waals surface area (Å²) in [6, 6.07) is 3.01. The van der Waals surface area contributed by atoms with Gasteiger partial charge in [-0.1, -0.05) is 29.3 Å². The fraction of sp³-hybridized carbons (Fsp3) is 0.529. The van der Waals surface area contributed by atoms with Gasteiger partial charge in [0.25, 0.3) is 0 Å². The SMILES string of the molecule is C[C@@H]1CN(C(=O)O)[C@@H](c2ccc(Cl)c(Cl)c2)CN1C(=O)C1(C(F)(F)F)CC1. The molecule has 0 aromatic heterocycles. The molecule has 2 amide bonds. The zero-order chi connectivity index (χ0) is 20.1. The number of benzene rings is 1. The molecule has 2 aliphatic rings. The van der Waals surface area contributed by atoms with E-state index in [0.717, 1.165) is 9.80 Å². The molecule has 27 heavy (non-hydrogen) atoms. The summed E-state index contributed by atoms with van der Waals surface area (Å²) in [5.74, 6) is -0.988. The maximum absolute atomic E-state index is 13.4. The number of piperazine rings is 1. The van der Waals surface area contributed by atoms with Crippen LogP contribution in [0.25, 0.3) is 0 Å². The Balaban J connectivity index is 1.93. The Morgan fingerprint density at radius 3 is 2.26 bits per heavy atom. The van der Waals surface area contributed by atoms with Crippen LogP contribution in [0.2, 0.25) is 10.0 Å². The van der Waals surface area contributed by atoms with Gasteiger partial charge in [-0.2, -0.15) is 13.2 Å². The van der Waals surface area contributed by atoms with Crippen LogP contribution in [0.1, 0.15) is 31.4 Å². The van der Waals surface area contributed by atoms with Crippen LogP contribution < -0.4 is 0 Å². The van der Waals surface area contributed by atoms with Gasteiger partial charge in [0.2, 0.25) is 5.91 Å². The Morgan fingerprint density at radius 1 is 1.15 bits per heavy atom. The lowest BCUT2D eigenvalue weighted by Gasteiger charge is -2.45. The number of nitrogens with zero attached hydrogens (tertiary/aromatic N) is 2. The molecule has 148 valence electrons. The van der Waals surface area contributed by atoms with Gasteiger partial charge in [0.15, 0.2) is 0 Å². The number of hydrogen-bond acceptors (Lipinski definition) is 2. The van der Waals surface area contributed by atoms with Gasteiger partial charge in [0.1, 0.15) is 5.41 Å². The third kappa shape index (κ3) is 3.45. The van der Waals surface area contributed by atoms with Crippen molar-refractivity contribution in [2.24, 2.45) is 5.41 Å². The molecule has 1 saturated heterocycles. The lowest BCUT2D eigenvalue weighted by Crippen LogP contribution is -2.59. The van der Waals surface area contributed by atoms with Crippen LogP contribution in [0.5, 0.6) is 0 Å². The van der Waals surface area contributed by atoms with Crippen molar-refractivity contribution in [2.75, 3.05) is 13.1 Å². The molecule has 0 spiro atoms. The van der Waals surface area contributed by atoms with E-state index in [2.05, 4.69) is 0 Å². The van der Waals surface area contributed by atoms with E-state index in [1.165, 1.54) is 12.1 Å². The molecule has 1 aromatic rings. The summed E-state index contributed by atoms with van der Waals surface area (Å²) in [7, 11) is 0. The normalized spacial score (nSPS) is 24.7. The van der Waals surface area contributed by atoms with Gasteiger partial charge in [0, 0.05) is 19.1 Å². The highest BCUT2D eigenvalue weighted by Crippen LogP contribution is 2.59. The van der Waals surface area contributed by atoms with Gasteiger partial charge in [-0.05, 0) is 37.5 Å². The van der Waals surface area contributed by atoms with Gasteiger partial charge >= 0.3 is 12.3 Å². The predicted molar refractivity (Wildman–Crippen MR) is 92.8 cm³/mol. The third-order valence-corrected chi connectivity index (χ3v) is 6.01. The number of amides is 2. The number of carboxylic acid groups (broad SMARTS) is 1. The van der Waals surface area contributed by atoms with E-state index in [1.807, 2.05) is 0 Å². The molecule has 1 heterocycles. The summed E-state index contributed by atoms with van der Waals surface area (Å²) in [5, 5.41) is 9.99. The van der Waals surface area contributed by atoms with E-state index in [-0.39, 0.29) is 36.0 Å². The van der Waals surface area contributed by atoms with E-state index in [1.54, 1.807) is 13.0 Å². The van der Waals surface area contributed by atoms with E-state index >= 15 is 0 Å². The first kappa shape index (κ1) is 20.1. The highest BCUT2D eigenvalue weighted by Gasteiger charge is 2.70. The van der Waals surface area contributed by atoms with Crippen molar-refractivity contribution >= 4 is 35.2 Å². The molecular weight excluding hydrogens is 408 g/mol. The van der Waals surface area contributed by atoms with Crippen molar-refractivity contribution in [1.29, 1.82) is 0 Å². The number of carbonyl (C=O) groups is 2. The van der Waals surface area contributed by atoms with Gasteiger partial charge in [0.05, 0.1) is 16.1 Å². The molecule has 1 aliphatic carbocycles. The van der Waals surface area contributed by atoms with Gasteiger partial charge < -0.3 is 10.0 Å². The number of rotatable bonds is 2. The smallest absolute Gasteiger partial charge is 0.407 e. The van der Waals surface area contributed by atoms with Gasteiger partial charge in [-0.25, -0.2) is 4.79 Å². The first-order chi connectivity index (χ1) is 12.5. The van der Waals surface area contributed by atoms with Crippen LogP contribution in [-0.2, 0) is 4.79 Å². The minimum atomic E-state index is -4.62. The van der Waals surface area contributed by atoms with Crippen LogP contribution in [0.3, 0.4) is 0 Å². The third-order valence-electron chi connectivity index (χ3n) is 5.28. The highest BCUT2D eigenvalue weighted by atomic mass is 35.5. The standard InChI is InChI=1S/C17H17Cl2F3N2O3/c1-9-7-24(15(26)27)13(10-2-3-11(18)12(19)6-10)8-23(9)14(25)16(4-5-16)17(20,21)22/h2-3,6,9,13H,4-5,7-8H2,1H3,(H,26,27)/t9-,13-/m1/s1. The molecule has 1 N–H and O–H groups in total. The lowest BCUT2D eigenvalue weighted by atomic mass is 9.96. The molecule has 1 aromatic carbocycles. The fourth-order valence-corrected chi connectivity index (χ4v) is 3.80. The summed E-state index contributed by atoms with van der Waals surface area (Å²) in [6.45, 7) is 1.27. The average Bonchev–Trinajstić information content (AvgIpc) is 3.38. The van der Waals surface area contributed by atoms with Crippen molar-refractivity contribution in [3.8, 4) is 0 Å². The summed E-state index contributed by atoms with van der Waals surface area (Å²) >= 11 is 11.9. The Kier molecular flexibility index (Phi) is 5.01.